The van der Waals surface area contributed by atoms with Crippen LogP contribution in [0.25, 0.3) is 11.5 Å². The Balaban J connectivity index is 1.58. The van der Waals surface area contributed by atoms with Gasteiger partial charge in [-0.3, -0.25) is 9.29 Å². The highest BCUT2D eigenvalue weighted by Gasteiger charge is 2.41. The number of methoxy groups -OCH3 is 1. The highest BCUT2D eigenvalue weighted by Crippen LogP contribution is 2.47. The van der Waals surface area contributed by atoms with Crippen LogP contribution >= 0.6 is 0 Å². The van der Waals surface area contributed by atoms with Crippen molar-refractivity contribution in [3.63, 3.8) is 0 Å². The van der Waals surface area contributed by atoms with E-state index in [-0.39, 0.29) is 29.8 Å². The minimum atomic E-state index is -4.10. The molecule has 218 valence electrons. The number of pyridine rings is 1. The average Bonchev–Trinajstić information content (AvgIpc) is 3.58. The van der Waals surface area contributed by atoms with Gasteiger partial charge >= 0.3 is 0 Å². The summed E-state index contributed by atoms with van der Waals surface area (Å²) in [5, 5.41) is 11.7. The van der Waals surface area contributed by atoms with Gasteiger partial charge in [-0.15, -0.1) is 10.2 Å². The van der Waals surface area contributed by atoms with Crippen molar-refractivity contribution in [3.8, 4) is 17.4 Å². The molecule has 1 aliphatic rings. The molecular weight excluding hydrogens is 548 g/mol. The van der Waals surface area contributed by atoms with Gasteiger partial charge in [0.05, 0.1) is 24.9 Å². The van der Waals surface area contributed by atoms with Crippen LogP contribution in [0.2, 0.25) is 0 Å². The van der Waals surface area contributed by atoms with Crippen LogP contribution in [-0.2, 0) is 14.8 Å². The third kappa shape index (κ3) is 6.07. The number of ether oxygens (including phenoxy) is 2. The fourth-order valence-corrected chi connectivity index (χ4v) is 5.75. The van der Waals surface area contributed by atoms with Gasteiger partial charge in [0.2, 0.25) is 21.9 Å². The standard InChI is InChI=1S/C27H34N8O5S/c1-15(2)40-24(25-28-12-16(3)13-29-25)18(5)41(36,37)34-27-32-31-26(21-8-7-9-22(30-21)38-6)35(27)23(19-10-11-19)20-14-39-33-17(20)4/h7-9,12-15,18-19,23-24H,10-11H2,1-6H3,(H,32,34)/t18-,23+,24+/m0/s1. The van der Waals surface area contributed by atoms with Gasteiger partial charge < -0.3 is 14.0 Å². The van der Waals surface area contributed by atoms with Crippen LogP contribution < -0.4 is 9.46 Å². The summed E-state index contributed by atoms with van der Waals surface area (Å²) in [6.07, 6.45) is 5.54. The zero-order valence-corrected chi connectivity index (χ0v) is 24.7. The topological polar surface area (TPSA) is 160 Å². The summed E-state index contributed by atoms with van der Waals surface area (Å²) in [6.45, 7) is 8.94. The first kappa shape index (κ1) is 28.6. The molecule has 41 heavy (non-hydrogen) atoms. The molecule has 0 saturated heterocycles. The fraction of sp³-hybridized carbons (Fsp3) is 0.481. The minimum absolute atomic E-state index is 0.0436. The Hall–Kier alpha value is -3.91. The molecule has 1 fully saturated rings. The fourth-order valence-electron chi connectivity index (χ4n) is 4.66. The van der Waals surface area contributed by atoms with Crippen LogP contribution in [0.1, 0.15) is 68.4 Å². The maximum Gasteiger partial charge on any atom is 0.240 e. The summed E-state index contributed by atoms with van der Waals surface area (Å²) in [6, 6.07) is 4.95. The number of rotatable bonds is 12. The number of aromatic nitrogens is 7. The molecule has 0 spiro atoms. The molecule has 0 amide bonds. The molecule has 4 aromatic rings. The molecule has 1 saturated carbocycles. The van der Waals surface area contributed by atoms with Crippen LogP contribution in [0.4, 0.5) is 5.95 Å². The highest BCUT2D eigenvalue weighted by molar-refractivity contribution is 7.93. The number of nitrogens with one attached hydrogen (secondary N) is 1. The predicted molar refractivity (Wildman–Crippen MR) is 150 cm³/mol. The molecule has 0 aromatic carbocycles. The van der Waals surface area contributed by atoms with E-state index in [1.807, 2.05) is 27.7 Å². The van der Waals surface area contributed by atoms with Crippen molar-refractivity contribution in [2.75, 3.05) is 11.8 Å². The molecule has 0 unspecified atom stereocenters. The molecular formula is C27H34N8O5S. The van der Waals surface area contributed by atoms with Crippen LogP contribution in [0, 0.1) is 19.8 Å². The lowest BCUT2D eigenvalue weighted by Gasteiger charge is -2.26. The summed E-state index contributed by atoms with van der Waals surface area (Å²) >= 11 is 0. The van der Waals surface area contributed by atoms with E-state index >= 15 is 0 Å². The van der Waals surface area contributed by atoms with Gasteiger partial charge in [-0.25, -0.2) is 23.4 Å². The molecule has 3 atom stereocenters. The quantitative estimate of drug-likeness (QED) is 0.257. The maximum atomic E-state index is 13.9. The first-order valence-electron chi connectivity index (χ1n) is 13.4. The molecule has 0 aliphatic heterocycles. The zero-order chi connectivity index (χ0) is 29.3. The molecule has 0 radical (unpaired) electrons. The Morgan fingerprint density at radius 3 is 2.44 bits per heavy atom. The van der Waals surface area contributed by atoms with Crippen molar-refractivity contribution in [2.24, 2.45) is 5.92 Å². The van der Waals surface area contributed by atoms with E-state index in [2.05, 4.69) is 35.0 Å². The SMILES string of the molecule is COc1cccc(-c2nnc(NS(=O)(=O)[C@@H](C)[C@@H](OC(C)C)c3ncc(C)cn3)n2[C@@H](c2conc2C)C2CC2)n1. The average molecular weight is 583 g/mol. The number of anilines is 1. The summed E-state index contributed by atoms with van der Waals surface area (Å²) in [5.74, 6) is 1.29. The van der Waals surface area contributed by atoms with Gasteiger partial charge in [-0.2, -0.15) is 0 Å². The van der Waals surface area contributed by atoms with E-state index in [1.165, 1.54) is 7.11 Å². The van der Waals surface area contributed by atoms with E-state index in [1.54, 1.807) is 48.3 Å². The Labute approximate surface area is 238 Å². The third-order valence-corrected chi connectivity index (χ3v) is 8.63. The molecule has 5 rings (SSSR count). The Bertz CT molecular complexity index is 1600. The lowest BCUT2D eigenvalue weighted by molar-refractivity contribution is 0.00152. The molecule has 1 aliphatic carbocycles. The van der Waals surface area contributed by atoms with E-state index in [4.69, 9.17) is 14.0 Å². The van der Waals surface area contributed by atoms with Gasteiger partial charge in [0.25, 0.3) is 0 Å². The largest absolute Gasteiger partial charge is 0.481 e. The van der Waals surface area contributed by atoms with E-state index in [9.17, 15) is 8.42 Å². The second kappa shape index (κ2) is 11.5. The molecule has 0 bridgehead atoms. The molecule has 4 heterocycles. The van der Waals surface area contributed by atoms with Crippen LogP contribution in [0.5, 0.6) is 5.88 Å². The number of aryl methyl sites for hydroxylation is 2. The van der Waals surface area contributed by atoms with Crippen LogP contribution in [0.15, 0.2) is 41.4 Å². The zero-order valence-electron chi connectivity index (χ0n) is 23.8. The monoisotopic (exact) mass is 582 g/mol. The van der Waals surface area contributed by atoms with E-state index < -0.39 is 21.4 Å². The van der Waals surface area contributed by atoms with Crippen molar-refractivity contribution in [2.45, 2.75) is 71.0 Å². The lowest BCUT2D eigenvalue weighted by atomic mass is 10.0. The minimum Gasteiger partial charge on any atom is -0.481 e. The first-order chi connectivity index (χ1) is 19.6. The number of sulfonamides is 1. The summed E-state index contributed by atoms with van der Waals surface area (Å²) in [7, 11) is -2.57. The third-order valence-electron chi connectivity index (χ3n) is 6.93. The second-order valence-electron chi connectivity index (χ2n) is 10.5. The maximum absolute atomic E-state index is 13.9. The normalized spacial score (nSPS) is 16.0. The molecule has 4 aromatic heterocycles. The van der Waals surface area contributed by atoms with Gasteiger partial charge in [-0.1, -0.05) is 11.2 Å². The number of hydrogen-bond donors (Lipinski definition) is 1. The number of hydrogen-bond acceptors (Lipinski definition) is 11. The van der Waals surface area contributed by atoms with Gasteiger partial charge in [0, 0.05) is 24.0 Å². The highest BCUT2D eigenvalue weighted by atomic mass is 32.2. The van der Waals surface area contributed by atoms with Gasteiger partial charge in [0.15, 0.2) is 11.6 Å². The van der Waals surface area contributed by atoms with E-state index in [0.717, 1.165) is 24.0 Å². The van der Waals surface area contributed by atoms with Crippen molar-refractivity contribution < 1.29 is 22.4 Å². The lowest BCUT2D eigenvalue weighted by Crippen LogP contribution is -2.35. The molecule has 14 heteroatoms. The van der Waals surface area contributed by atoms with Crippen molar-refractivity contribution >= 4 is 16.0 Å². The first-order valence-corrected chi connectivity index (χ1v) is 15.0. The van der Waals surface area contributed by atoms with Crippen molar-refractivity contribution in [3.05, 3.63) is 59.5 Å². The smallest absolute Gasteiger partial charge is 0.240 e. The predicted octanol–water partition coefficient (Wildman–Crippen LogP) is 4.04. The Morgan fingerprint density at radius 1 is 1.10 bits per heavy atom. The molecule has 13 nitrogen and oxygen atoms in total. The van der Waals surface area contributed by atoms with E-state index in [0.29, 0.717) is 23.1 Å². The Morgan fingerprint density at radius 2 is 1.83 bits per heavy atom. The second-order valence-corrected chi connectivity index (χ2v) is 12.5. The summed E-state index contributed by atoms with van der Waals surface area (Å²) in [5.41, 5.74) is 2.85. The van der Waals surface area contributed by atoms with Crippen LogP contribution in [-0.4, -0.2) is 61.8 Å². The summed E-state index contributed by atoms with van der Waals surface area (Å²) < 4.78 is 49.0. The Kier molecular flexibility index (Phi) is 8.04. The molecule has 1 N–H and O–H groups in total. The van der Waals surface area contributed by atoms with Crippen molar-refractivity contribution in [1.29, 1.82) is 0 Å². The van der Waals surface area contributed by atoms with Gasteiger partial charge in [-0.05, 0) is 65.0 Å². The van der Waals surface area contributed by atoms with Gasteiger partial charge in [0.1, 0.15) is 23.3 Å². The van der Waals surface area contributed by atoms with Crippen LogP contribution in [0.3, 0.4) is 0 Å². The number of nitrogens with zero attached hydrogens (tertiary/aromatic N) is 7. The summed E-state index contributed by atoms with van der Waals surface area (Å²) in [4.78, 5) is 13.3. The van der Waals surface area contributed by atoms with Crippen molar-refractivity contribution in [1.82, 2.24) is 34.9 Å².